The van der Waals surface area contributed by atoms with Crippen molar-refractivity contribution in [3.8, 4) is 0 Å². The molecule has 0 fully saturated rings. The zero-order chi connectivity index (χ0) is 15.2. The van der Waals surface area contributed by atoms with E-state index in [4.69, 9.17) is 0 Å². The van der Waals surface area contributed by atoms with Gasteiger partial charge in [0.2, 0.25) is 0 Å². The summed E-state index contributed by atoms with van der Waals surface area (Å²) in [7, 11) is 0. The fourth-order valence-electron chi connectivity index (χ4n) is 3.23. The molecule has 21 heavy (non-hydrogen) atoms. The van der Waals surface area contributed by atoms with Crippen LogP contribution in [-0.4, -0.2) is 10.4 Å². The first-order valence-electron chi connectivity index (χ1n) is 7.36. The molecule has 0 amide bonds. The molecule has 1 atom stereocenters. The van der Waals surface area contributed by atoms with E-state index in [9.17, 15) is 4.79 Å². The van der Waals surface area contributed by atoms with Crippen molar-refractivity contribution < 1.29 is 4.79 Å². The SMILES string of the molecule is CC(c1ccc(Br)cc1)n1ccc2c1CC(C)(C)CC2=O. The van der Waals surface area contributed by atoms with Crippen LogP contribution in [0.3, 0.4) is 0 Å². The molecule has 1 aliphatic carbocycles. The second-order valence-electron chi connectivity index (χ2n) is 6.75. The Bertz CT molecular complexity index is 682. The standard InChI is InChI=1S/C18H20BrNO/c1-12(13-4-6-14(19)7-5-13)20-9-8-15-16(20)10-18(2,3)11-17(15)21/h4-9,12H,10-11H2,1-3H3. The van der Waals surface area contributed by atoms with Gasteiger partial charge in [-0.05, 0) is 42.5 Å². The lowest BCUT2D eigenvalue weighted by atomic mass is 9.76. The van der Waals surface area contributed by atoms with Gasteiger partial charge in [-0.15, -0.1) is 0 Å². The van der Waals surface area contributed by atoms with Gasteiger partial charge in [0.1, 0.15) is 0 Å². The van der Waals surface area contributed by atoms with Crippen molar-refractivity contribution >= 4 is 21.7 Å². The second-order valence-corrected chi connectivity index (χ2v) is 7.67. The van der Waals surface area contributed by atoms with Crippen molar-refractivity contribution in [3.05, 3.63) is 57.8 Å². The van der Waals surface area contributed by atoms with E-state index in [1.54, 1.807) is 0 Å². The number of fused-ring (bicyclic) bond motifs is 1. The molecule has 2 nitrogen and oxygen atoms in total. The highest BCUT2D eigenvalue weighted by atomic mass is 79.9. The number of nitrogens with zero attached hydrogens (tertiary/aromatic N) is 1. The van der Waals surface area contributed by atoms with Crippen LogP contribution in [0.4, 0.5) is 0 Å². The molecule has 110 valence electrons. The quantitative estimate of drug-likeness (QED) is 0.749. The van der Waals surface area contributed by atoms with Crippen LogP contribution >= 0.6 is 15.9 Å². The van der Waals surface area contributed by atoms with E-state index >= 15 is 0 Å². The first kappa shape index (κ1) is 14.6. The van der Waals surface area contributed by atoms with Crippen LogP contribution in [0.1, 0.15) is 54.8 Å². The molecule has 0 spiro atoms. The summed E-state index contributed by atoms with van der Waals surface area (Å²) in [5.41, 5.74) is 3.41. The lowest BCUT2D eigenvalue weighted by Gasteiger charge is -2.31. The largest absolute Gasteiger partial charge is 0.344 e. The molecule has 3 rings (SSSR count). The Labute approximate surface area is 134 Å². The average Bonchev–Trinajstić information content (AvgIpc) is 2.81. The summed E-state index contributed by atoms with van der Waals surface area (Å²) in [6.07, 6.45) is 3.68. The summed E-state index contributed by atoms with van der Waals surface area (Å²) in [4.78, 5) is 12.3. The molecule has 3 heteroatoms. The topological polar surface area (TPSA) is 22.0 Å². The van der Waals surface area contributed by atoms with E-state index in [1.807, 2.05) is 6.07 Å². The van der Waals surface area contributed by atoms with Gasteiger partial charge in [-0.1, -0.05) is 41.9 Å². The Balaban J connectivity index is 2.01. The molecule has 1 aliphatic rings. The lowest BCUT2D eigenvalue weighted by molar-refractivity contribution is 0.0909. The Morgan fingerprint density at radius 1 is 1.14 bits per heavy atom. The Kier molecular flexibility index (Phi) is 3.56. The normalized spacial score (nSPS) is 18.4. The highest BCUT2D eigenvalue weighted by Crippen LogP contribution is 2.37. The van der Waals surface area contributed by atoms with Gasteiger partial charge in [-0.25, -0.2) is 0 Å². The van der Waals surface area contributed by atoms with Crippen molar-refractivity contribution in [2.75, 3.05) is 0 Å². The minimum absolute atomic E-state index is 0.0552. The molecular weight excluding hydrogens is 326 g/mol. The van der Waals surface area contributed by atoms with Crippen molar-refractivity contribution in [3.63, 3.8) is 0 Å². The number of rotatable bonds is 2. The number of hydrogen-bond donors (Lipinski definition) is 0. The van der Waals surface area contributed by atoms with Gasteiger partial charge in [0.05, 0.1) is 6.04 Å². The number of Topliss-reactive ketones (excluding diaryl/α,β-unsaturated/α-hetero) is 1. The number of ketones is 1. The first-order valence-corrected chi connectivity index (χ1v) is 8.15. The zero-order valence-corrected chi connectivity index (χ0v) is 14.3. The smallest absolute Gasteiger partial charge is 0.165 e. The van der Waals surface area contributed by atoms with Gasteiger partial charge >= 0.3 is 0 Å². The van der Waals surface area contributed by atoms with E-state index in [-0.39, 0.29) is 17.2 Å². The van der Waals surface area contributed by atoms with E-state index < -0.39 is 0 Å². The highest BCUT2D eigenvalue weighted by Gasteiger charge is 2.33. The van der Waals surface area contributed by atoms with Gasteiger partial charge < -0.3 is 4.57 Å². The molecule has 2 aromatic rings. The van der Waals surface area contributed by atoms with Gasteiger partial charge in [0, 0.05) is 28.3 Å². The Hall–Kier alpha value is -1.35. The Morgan fingerprint density at radius 3 is 2.48 bits per heavy atom. The van der Waals surface area contributed by atoms with Crippen LogP contribution in [0.15, 0.2) is 41.0 Å². The van der Waals surface area contributed by atoms with Crippen LogP contribution in [0, 0.1) is 5.41 Å². The van der Waals surface area contributed by atoms with Crippen LogP contribution in [-0.2, 0) is 6.42 Å². The summed E-state index contributed by atoms with van der Waals surface area (Å²) in [5, 5.41) is 0. The molecule has 1 aromatic heterocycles. The van der Waals surface area contributed by atoms with Crippen molar-refractivity contribution in [2.45, 2.75) is 39.7 Å². The summed E-state index contributed by atoms with van der Waals surface area (Å²) in [6.45, 7) is 6.54. The maximum Gasteiger partial charge on any atom is 0.165 e. The van der Waals surface area contributed by atoms with E-state index in [0.717, 1.165) is 16.5 Å². The van der Waals surface area contributed by atoms with Gasteiger partial charge in [-0.2, -0.15) is 0 Å². The summed E-state index contributed by atoms with van der Waals surface area (Å²) < 4.78 is 3.35. The molecule has 0 saturated carbocycles. The third-order valence-corrected chi connectivity index (χ3v) is 4.91. The fraction of sp³-hybridized carbons (Fsp3) is 0.389. The number of carbonyl (C=O) groups excluding carboxylic acids is 1. The van der Waals surface area contributed by atoms with Gasteiger partial charge in [0.25, 0.3) is 0 Å². The summed E-state index contributed by atoms with van der Waals surface area (Å²) in [6, 6.07) is 10.6. The summed E-state index contributed by atoms with van der Waals surface area (Å²) in [5.74, 6) is 0.281. The van der Waals surface area contributed by atoms with Crippen LogP contribution < -0.4 is 0 Å². The summed E-state index contributed by atoms with van der Waals surface area (Å²) >= 11 is 3.47. The number of benzene rings is 1. The van der Waals surface area contributed by atoms with E-state index in [2.05, 4.69) is 71.7 Å². The van der Waals surface area contributed by atoms with Gasteiger partial charge in [0.15, 0.2) is 5.78 Å². The number of hydrogen-bond acceptors (Lipinski definition) is 1. The number of aromatic nitrogens is 1. The zero-order valence-electron chi connectivity index (χ0n) is 12.7. The maximum atomic E-state index is 12.3. The van der Waals surface area contributed by atoms with E-state index in [0.29, 0.717) is 6.42 Å². The first-order chi connectivity index (χ1) is 9.87. The Morgan fingerprint density at radius 2 is 1.81 bits per heavy atom. The van der Waals surface area contributed by atoms with Crippen LogP contribution in [0.25, 0.3) is 0 Å². The molecule has 0 radical (unpaired) electrons. The van der Waals surface area contributed by atoms with Crippen molar-refractivity contribution in [1.82, 2.24) is 4.57 Å². The lowest BCUT2D eigenvalue weighted by Crippen LogP contribution is -2.28. The molecule has 0 N–H and O–H groups in total. The minimum atomic E-state index is 0.0552. The third-order valence-electron chi connectivity index (χ3n) is 4.38. The minimum Gasteiger partial charge on any atom is -0.344 e. The molecule has 0 aliphatic heterocycles. The monoisotopic (exact) mass is 345 g/mol. The van der Waals surface area contributed by atoms with Crippen molar-refractivity contribution in [1.29, 1.82) is 0 Å². The number of carbonyl (C=O) groups is 1. The van der Waals surface area contributed by atoms with E-state index in [1.165, 1.54) is 11.3 Å². The van der Waals surface area contributed by atoms with Gasteiger partial charge in [-0.3, -0.25) is 4.79 Å². The predicted octanol–water partition coefficient (Wildman–Crippen LogP) is 5.02. The molecule has 0 bridgehead atoms. The molecule has 0 saturated heterocycles. The second kappa shape index (κ2) is 5.13. The average molecular weight is 346 g/mol. The number of halogens is 1. The van der Waals surface area contributed by atoms with Crippen molar-refractivity contribution in [2.24, 2.45) is 5.41 Å². The fourth-order valence-corrected chi connectivity index (χ4v) is 3.50. The predicted molar refractivity (Wildman–Crippen MR) is 88.8 cm³/mol. The molecule has 1 aromatic carbocycles. The molecular formula is C18H20BrNO. The van der Waals surface area contributed by atoms with Crippen LogP contribution in [0.5, 0.6) is 0 Å². The third kappa shape index (κ3) is 2.71. The maximum absolute atomic E-state index is 12.3. The van der Waals surface area contributed by atoms with Crippen LogP contribution in [0.2, 0.25) is 0 Å². The molecule has 1 heterocycles. The molecule has 1 unspecified atom stereocenters. The highest BCUT2D eigenvalue weighted by molar-refractivity contribution is 9.10.